The molecule has 0 radical (unpaired) electrons. The summed E-state index contributed by atoms with van der Waals surface area (Å²) in [5, 5.41) is 3.91. The van der Waals surface area contributed by atoms with Crippen LogP contribution in [0.3, 0.4) is 0 Å². The average Bonchev–Trinajstić information content (AvgIpc) is 2.55. The molecule has 2 aromatic rings. The number of rotatable bonds is 6. The van der Waals surface area contributed by atoms with Gasteiger partial charge in [0.05, 0.1) is 17.2 Å². The van der Waals surface area contributed by atoms with Crippen molar-refractivity contribution in [1.29, 1.82) is 0 Å². The van der Waals surface area contributed by atoms with Crippen LogP contribution in [-0.4, -0.2) is 20.7 Å². The van der Waals surface area contributed by atoms with E-state index < -0.39 is 10.0 Å². The molecule has 5 nitrogen and oxygen atoms in total. The number of aryl methyl sites for hydroxylation is 1. The highest BCUT2D eigenvalue weighted by Gasteiger charge is 2.21. The van der Waals surface area contributed by atoms with Crippen molar-refractivity contribution in [2.75, 3.05) is 0 Å². The summed E-state index contributed by atoms with van der Waals surface area (Å²) in [4.78, 5) is 2.54. The van der Waals surface area contributed by atoms with E-state index in [1.807, 2.05) is 71.0 Å². The highest BCUT2D eigenvalue weighted by atomic mass is 32.2. The van der Waals surface area contributed by atoms with Gasteiger partial charge >= 0.3 is 0 Å². The molecule has 1 N–H and O–H groups in total. The first kappa shape index (κ1) is 21.0. The molecule has 0 unspecified atom stereocenters. The van der Waals surface area contributed by atoms with Gasteiger partial charge in [-0.05, 0) is 73.2 Å². The second-order valence-electron chi connectivity index (χ2n) is 7.82. The Morgan fingerprint density at radius 3 is 2.26 bits per heavy atom. The van der Waals surface area contributed by atoms with Crippen molar-refractivity contribution in [2.24, 2.45) is 5.10 Å². The summed E-state index contributed by atoms with van der Waals surface area (Å²) in [5.74, 6) is 0.761. The maximum atomic E-state index is 12.7. The van der Waals surface area contributed by atoms with Gasteiger partial charge in [0.25, 0.3) is 10.0 Å². The number of benzene rings is 2. The molecule has 0 aromatic heterocycles. The third-order valence-electron chi connectivity index (χ3n) is 3.98. The van der Waals surface area contributed by atoms with Crippen LogP contribution < -0.4 is 9.57 Å². The highest BCUT2D eigenvalue weighted by molar-refractivity contribution is 7.89. The first-order chi connectivity index (χ1) is 12.5. The lowest BCUT2D eigenvalue weighted by molar-refractivity contribution is 0.242. The van der Waals surface area contributed by atoms with Crippen LogP contribution in [0, 0.1) is 6.92 Å². The zero-order valence-corrected chi connectivity index (χ0v) is 17.6. The zero-order chi connectivity index (χ0) is 20.2. The normalized spacial score (nSPS) is 12.6. The summed E-state index contributed by atoms with van der Waals surface area (Å²) >= 11 is 0. The summed E-state index contributed by atoms with van der Waals surface area (Å²) in [6.07, 6.45) is 1.57. The molecule has 6 heteroatoms. The molecule has 0 aliphatic rings. The van der Waals surface area contributed by atoms with E-state index in [1.54, 1.807) is 13.0 Å². The summed E-state index contributed by atoms with van der Waals surface area (Å²) in [6, 6.07) is 12.8. The van der Waals surface area contributed by atoms with E-state index in [0.717, 1.165) is 16.9 Å². The van der Waals surface area contributed by atoms with E-state index in [-0.39, 0.29) is 16.4 Å². The van der Waals surface area contributed by atoms with Gasteiger partial charge in [-0.15, -0.1) is 0 Å². The van der Waals surface area contributed by atoms with Crippen molar-refractivity contribution in [1.82, 2.24) is 4.83 Å². The molecule has 2 rings (SSSR count). The van der Waals surface area contributed by atoms with Crippen molar-refractivity contribution >= 4 is 16.2 Å². The predicted octanol–water partition coefficient (Wildman–Crippen LogP) is 4.39. The number of hydrogen-bond acceptors (Lipinski definition) is 4. The van der Waals surface area contributed by atoms with Crippen molar-refractivity contribution in [3.8, 4) is 5.75 Å². The van der Waals surface area contributed by atoms with Gasteiger partial charge in [0.1, 0.15) is 5.75 Å². The fourth-order valence-electron chi connectivity index (χ4n) is 2.48. The molecule has 0 saturated carbocycles. The summed E-state index contributed by atoms with van der Waals surface area (Å²) < 4.78 is 30.9. The standard InChI is InChI=1S/C21H28N2O3S/c1-15(2)26-19-11-8-17(9-12-19)14-22-23-27(24,25)20-13-18(21(4,5)6)10-7-16(20)3/h7-15,23H,1-6H3/b22-14+. The highest BCUT2D eigenvalue weighted by Crippen LogP contribution is 2.26. The van der Waals surface area contributed by atoms with Crippen LogP contribution in [0.5, 0.6) is 5.75 Å². The number of sulfonamides is 1. The van der Waals surface area contributed by atoms with Crippen LogP contribution in [0.1, 0.15) is 51.3 Å². The van der Waals surface area contributed by atoms with E-state index in [2.05, 4.69) is 9.93 Å². The average molecular weight is 389 g/mol. The SMILES string of the molecule is Cc1ccc(C(C)(C)C)cc1S(=O)(=O)N/N=C/c1ccc(OC(C)C)cc1. The lowest BCUT2D eigenvalue weighted by Gasteiger charge is -2.20. The first-order valence-electron chi connectivity index (χ1n) is 8.92. The van der Waals surface area contributed by atoms with Gasteiger partial charge in [-0.3, -0.25) is 0 Å². The summed E-state index contributed by atoms with van der Waals surface area (Å²) in [6.45, 7) is 11.8. The molecular weight excluding hydrogens is 360 g/mol. The fourth-order valence-corrected chi connectivity index (χ4v) is 3.54. The van der Waals surface area contributed by atoms with Gasteiger partial charge in [-0.1, -0.05) is 32.9 Å². The molecular formula is C21H28N2O3S. The molecule has 0 saturated heterocycles. The molecule has 0 atom stereocenters. The van der Waals surface area contributed by atoms with Gasteiger partial charge < -0.3 is 4.74 Å². The van der Waals surface area contributed by atoms with Crippen LogP contribution in [0.4, 0.5) is 0 Å². The number of hydrogen-bond donors (Lipinski definition) is 1. The van der Waals surface area contributed by atoms with Gasteiger partial charge in [0.15, 0.2) is 0 Å². The number of ether oxygens (including phenoxy) is 1. The smallest absolute Gasteiger partial charge is 0.276 e. The van der Waals surface area contributed by atoms with Gasteiger partial charge in [0, 0.05) is 0 Å². The van der Waals surface area contributed by atoms with E-state index in [1.165, 1.54) is 6.21 Å². The largest absolute Gasteiger partial charge is 0.491 e. The van der Waals surface area contributed by atoms with Crippen LogP contribution in [0.15, 0.2) is 52.5 Å². The first-order valence-corrected chi connectivity index (χ1v) is 10.4. The minimum Gasteiger partial charge on any atom is -0.491 e. The molecule has 0 aliphatic carbocycles. The molecule has 0 heterocycles. The second kappa shape index (κ2) is 8.13. The van der Waals surface area contributed by atoms with Crippen LogP contribution in [0.25, 0.3) is 0 Å². The van der Waals surface area contributed by atoms with E-state index in [0.29, 0.717) is 5.56 Å². The third-order valence-corrected chi connectivity index (χ3v) is 5.35. The zero-order valence-electron chi connectivity index (χ0n) is 16.8. The molecule has 146 valence electrons. The number of nitrogens with zero attached hydrogens (tertiary/aromatic N) is 1. The molecule has 0 amide bonds. The summed E-state index contributed by atoms with van der Waals surface area (Å²) in [5.41, 5.74) is 2.27. The third kappa shape index (κ3) is 5.82. The van der Waals surface area contributed by atoms with Gasteiger partial charge in [-0.25, -0.2) is 4.83 Å². The lowest BCUT2D eigenvalue weighted by Crippen LogP contribution is -2.21. The Labute approximate surface area is 162 Å². The van der Waals surface area contributed by atoms with Gasteiger partial charge in [-0.2, -0.15) is 13.5 Å². The van der Waals surface area contributed by atoms with Crippen LogP contribution in [0.2, 0.25) is 0 Å². The van der Waals surface area contributed by atoms with E-state index in [9.17, 15) is 8.42 Å². The summed E-state index contributed by atoms with van der Waals surface area (Å²) in [7, 11) is -3.74. The monoisotopic (exact) mass is 388 g/mol. The van der Waals surface area contributed by atoms with Crippen molar-refractivity contribution in [2.45, 2.75) is 58.0 Å². The Bertz CT molecular complexity index is 909. The quantitative estimate of drug-likeness (QED) is 0.589. The Balaban J connectivity index is 2.16. The maximum Gasteiger partial charge on any atom is 0.276 e. The Morgan fingerprint density at radius 1 is 1.07 bits per heavy atom. The Hall–Kier alpha value is -2.34. The Morgan fingerprint density at radius 2 is 1.70 bits per heavy atom. The van der Waals surface area contributed by atoms with E-state index in [4.69, 9.17) is 4.74 Å². The topological polar surface area (TPSA) is 67.8 Å². The maximum absolute atomic E-state index is 12.7. The Kier molecular flexibility index (Phi) is 6.31. The molecule has 0 aliphatic heterocycles. The molecule has 27 heavy (non-hydrogen) atoms. The van der Waals surface area contributed by atoms with E-state index >= 15 is 0 Å². The van der Waals surface area contributed by atoms with Gasteiger partial charge in [0.2, 0.25) is 0 Å². The van der Waals surface area contributed by atoms with Crippen molar-refractivity contribution in [3.05, 3.63) is 59.2 Å². The fraction of sp³-hybridized carbons (Fsp3) is 0.381. The molecule has 2 aromatic carbocycles. The number of hydrazone groups is 1. The number of nitrogens with one attached hydrogen (secondary N) is 1. The minimum atomic E-state index is -3.74. The lowest BCUT2D eigenvalue weighted by atomic mass is 9.87. The van der Waals surface area contributed by atoms with Crippen molar-refractivity contribution in [3.63, 3.8) is 0 Å². The molecule has 0 bridgehead atoms. The van der Waals surface area contributed by atoms with Crippen LogP contribution >= 0.6 is 0 Å². The predicted molar refractivity (Wildman–Crippen MR) is 110 cm³/mol. The molecule has 0 fully saturated rings. The minimum absolute atomic E-state index is 0.100. The van der Waals surface area contributed by atoms with Crippen LogP contribution in [-0.2, 0) is 15.4 Å². The second-order valence-corrected chi connectivity index (χ2v) is 9.45. The van der Waals surface area contributed by atoms with Crippen molar-refractivity contribution < 1.29 is 13.2 Å². The molecule has 0 spiro atoms.